The van der Waals surface area contributed by atoms with Crippen LogP contribution in [0.5, 0.6) is 0 Å². The zero-order chi connectivity index (χ0) is 8.55. The normalized spacial score (nSPS) is 35.9. The number of nitrogens with zero attached hydrogens (tertiary/aromatic N) is 1. The van der Waals surface area contributed by atoms with Crippen molar-refractivity contribution in [2.24, 2.45) is 5.92 Å². The molecular weight excluding hydrogens is 150 g/mol. The highest BCUT2D eigenvalue weighted by molar-refractivity contribution is 5.83. The van der Waals surface area contributed by atoms with E-state index < -0.39 is 0 Å². The average molecular weight is 167 g/mol. The van der Waals surface area contributed by atoms with Crippen molar-refractivity contribution in [1.29, 1.82) is 0 Å². The van der Waals surface area contributed by atoms with E-state index in [0.717, 1.165) is 19.4 Å². The van der Waals surface area contributed by atoms with Gasteiger partial charge in [-0.2, -0.15) is 0 Å². The van der Waals surface area contributed by atoms with E-state index in [0.29, 0.717) is 17.7 Å². The fraction of sp³-hybridized carbons (Fsp3) is 0.900. The highest BCUT2D eigenvalue weighted by atomic mass is 16.1. The Kier molecular flexibility index (Phi) is 2.18. The molecule has 1 saturated carbocycles. The van der Waals surface area contributed by atoms with Crippen LogP contribution in [-0.4, -0.2) is 29.8 Å². The lowest BCUT2D eigenvalue weighted by molar-refractivity contribution is -0.132. The predicted octanol–water partition coefficient (Wildman–Crippen LogP) is 1.45. The van der Waals surface area contributed by atoms with Crippen LogP contribution in [0, 0.1) is 5.92 Å². The van der Waals surface area contributed by atoms with E-state index in [1.165, 1.54) is 19.4 Å². The summed E-state index contributed by atoms with van der Waals surface area (Å²) < 4.78 is 0. The summed E-state index contributed by atoms with van der Waals surface area (Å²) >= 11 is 0. The summed E-state index contributed by atoms with van der Waals surface area (Å²) in [6.45, 7) is 4.45. The van der Waals surface area contributed by atoms with Gasteiger partial charge in [0.2, 0.25) is 0 Å². The molecule has 2 saturated heterocycles. The van der Waals surface area contributed by atoms with Crippen molar-refractivity contribution in [1.82, 2.24) is 4.90 Å². The molecule has 0 radical (unpaired) electrons. The Morgan fingerprint density at radius 1 is 1.50 bits per heavy atom. The quantitative estimate of drug-likeness (QED) is 0.620. The third-order valence-corrected chi connectivity index (χ3v) is 3.22. The molecule has 68 valence electrons. The standard InChI is InChI=1S/C10H17NO/c1-2-5-11-7-8-3-4-9(11)6-10(8)12/h8-9H,2-7H2,1H3. The first-order valence-corrected chi connectivity index (χ1v) is 5.08. The van der Waals surface area contributed by atoms with Gasteiger partial charge in [-0.1, -0.05) is 6.92 Å². The fourth-order valence-corrected chi connectivity index (χ4v) is 2.55. The average Bonchev–Trinajstić information content (AvgIpc) is 2.07. The molecule has 2 bridgehead atoms. The third-order valence-electron chi connectivity index (χ3n) is 3.22. The summed E-state index contributed by atoms with van der Waals surface area (Å²) in [6, 6.07) is 0.599. The molecule has 1 aliphatic carbocycles. The maximum absolute atomic E-state index is 11.4. The van der Waals surface area contributed by atoms with E-state index in [2.05, 4.69) is 11.8 Å². The van der Waals surface area contributed by atoms with Crippen molar-refractivity contribution in [2.75, 3.05) is 13.1 Å². The van der Waals surface area contributed by atoms with Gasteiger partial charge >= 0.3 is 0 Å². The first-order chi connectivity index (χ1) is 5.81. The Bertz CT molecular complexity index is 190. The zero-order valence-corrected chi connectivity index (χ0v) is 7.75. The van der Waals surface area contributed by atoms with Crippen molar-refractivity contribution in [3.63, 3.8) is 0 Å². The molecule has 3 aliphatic rings. The molecule has 2 atom stereocenters. The molecule has 12 heavy (non-hydrogen) atoms. The Balaban J connectivity index is 2.00. The highest BCUT2D eigenvalue weighted by Crippen LogP contribution is 2.32. The van der Waals surface area contributed by atoms with Gasteiger partial charge in [-0.05, 0) is 25.8 Å². The molecular formula is C10H17NO. The second kappa shape index (κ2) is 3.17. The molecule has 2 heteroatoms. The van der Waals surface area contributed by atoms with Gasteiger partial charge in [0.1, 0.15) is 5.78 Å². The van der Waals surface area contributed by atoms with Gasteiger partial charge in [-0.15, -0.1) is 0 Å². The van der Waals surface area contributed by atoms with E-state index in [1.807, 2.05) is 0 Å². The first-order valence-electron chi connectivity index (χ1n) is 5.08. The minimum Gasteiger partial charge on any atom is -0.299 e. The summed E-state index contributed by atoms with van der Waals surface area (Å²) in [7, 11) is 0. The number of hydrogen-bond donors (Lipinski definition) is 0. The Morgan fingerprint density at radius 2 is 2.33 bits per heavy atom. The molecule has 0 N–H and O–H groups in total. The van der Waals surface area contributed by atoms with E-state index in [9.17, 15) is 4.79 Å². The number of rotatable bonds is 2. The van der Waals surface area contributed by atoms with Gasteiger partial charge < -0.3 is 0 Å². The highest BCUT2D eigenvalue weighted by Gasteiger charge is 2.38. The van der Waals surface area contributed by atoms with Crippen molar-refractivity contribution < 1.29 is 4.79 Å². The largest absolute Gasteiger partial charge is 0.299 e. The van der Waals surface area contributed by atoms with Gasteiger partial charge in [-0.3, -0.25) is 9.69 Å². The lowest BCUT2D eigenvalue weighted by atomic mass is 9.79. The minimum atomic E-state index is 0.390. The van der Waals surface area contributed by atoms with Crippen molar-refractivity contribution in [2.45, 2.75) is 38.6 Å². The molecule has 2 unspecified atom stereocenters. The molecule has 0 spiro atoms. The van der Waals surface area contributed by atoms with Crippen LogP contribution in [0.4, 0.5) is 0 Å². The van der Waals surface area contributed by atoms with Gasteiger partial charge in [0.05, 0.1) is 0 Å². The summed E-state index contributed by atoms with van der Waals surface area (Å²) in [5.41, 5.74) is 0. The van der Waals surface area contributed by atoms with Crippen molar-refractivity contribution in [3.05, 3.63) is 0 Å². The van der Waals surface area contributed by atoms with Crippen LogP contribution < -0.4 is 0 Å². The molecule has 2 heterocycles. The molecule has 2 nitrogen and oxygen atoms in total. The van der Waals surface area contributed by atoms with E-state index >= 15 is 0 Å². The van der Waals surface area contributed by atoms with Gasteiger partial charge in [0.25, 0.3) is 0 Å². The van der Waals surface area contributed by atoms with Gasteiger partial charge in [0.15, 0.2) is 0 Å². The smallest absolute Gasteiger partial charge is 0.138 e. The van der Waals surface area contributed by atoms with E-state index in [1.54, 1.807) is 0 Å². The minimum absolute atomic E-state index is 0.390. The number of carbonyl (C=O) groups is 1. The van der Waals surface area contributed by atoms with Crippen LogP contribution >= 0.6 is 0 Å². The van der Waals surface area contributed by atoms with Crippen LogP contribution in [0.3, 0.4) is 0 Å². The maximum atomic E-state index is 11.4. The summed E-state index contributed by atoms with van der Waals surface area (Å²) in [6.07, 6.45) is 4.47. The van der Waals surface area contributed by atoms with Crippen molar-refractivity contribution in [3.8, 4) is 0 Å². The fourth-order valence-electron chi connectivity index (χ4n) is 2.55. The number of Topliss-reactive ketones (excluding diaryl/α,β-unsaturated/α-hetero) is 1. The van der Waals surface area contributed by atoms with Gasteiger partial charge in [0, 0.05) is 24.9 Å². The molecule has 3 rings (SSSR count). The predicted molar refractivity (Wildman–Crippen MR) is 48.0 cm³/mol. The van der Waals surface area contributed by atoms with Gasteiger partial charge in [-0.25, -0.2) is 0 Å². The van der Waals surface area contributed by atoms with Crippen LogP contribution in [-0.2, 0) is 4.79 Å². The maximum Gasteiger partial charge on any atom is 0.138 e. The number of carbonyl (C=O) groups excluding carboxylic acids is 1. The summed E-state index contributed by atoms with van der Waals surface area (Å²) in [5, 5.41) is 0. The monoisotopic (exact) mass is 167 g/mol. The Morgan fingerprint density at radius 3 is 2.83 bits per heavy atom. The molecule has 0 aromatic heterocycles. The molecule has 0 aromatic rings. The lowest BCUT2D eigenvalue weighted by Gasteiger charge is -2.44. The number of ketones is 1. The van der Waals surface area contributed by atoms with Crippen LogP contribution in [0.25, 0.3) is 0 Å². The Labute approximate surface area is 73.9 Å². The third kappa shape index (κ3) is 1.28. The Hall–Kier alpha value is -0.370. The molecule has 0 amide bonds. The number of piperidine rings is 2. The first kappa shape index (κ1) is 8.24. The second-order valence-electron chi connectivity index (χ2n) is 4.09. The summed E-state index contributed by atoms with van der Waals surface area (Å²) in [5.74, 6) is 0.917. The molecule has 3 fully saturated rings. The SMILES string of the molecule is CCCN1CC2CCC1CC2=O. The van der Waals surface area contributed by atoms with Crippen LogP contribution in [0.2, 0.25) is 0 Å². The van der Waals surface area contributed by atoms with Crippen LogP contribution in [0.1, 0.15) is 32.6 Å². The van der Waals surface area contributed by atoms with Crippen molar-refractivity contribution >= 4 is 5.78 Å². The number of hydrogen-bond acceptors (Lipinski definition) is 2. The lowest BCUT2D eigenvalue weighted by Crippen LogP contribution is -2.52. The second-order valence-corrected chi connectivity index (χ2v) is 4.09. The van der Waals surface area contributed by atoms with E-state index in [-0.39, 0.29) is 0 Å². The van der Waals surface area contributed by atoms with Crippen LogP contribution in [0.15, 0.2) is 0 Å². The van der Waals surface area contributed by atoms with E-state index in [4.69, 9.17) is 0 Å². The zero-order valence-electron chi connectivity index (χ0n) is 7.75. The molecule has 2 aliphatic heterocycles. The topological polar surface area (TPSA) is 20.3 Å². The molecule has 0 aromatic carbocycles. The number of fused-ring (bicyclic) bond motifs is 3. The summed E-state index contributed by atoms with van der Waals surface area (Å²) in [4.78, 5) is 13.9.